The first-order valence-corrected chi connectivity index (χ1v) is 10.8. The Morgan fingerprint density at radius 3 is 2.25 bits per heavy atom. The second-order valence-corrected chi connectivity index (χ2v) is 8.68. The molecule has 0 spiro atoms. The Hall–Kier alpha value is -1.43. The minimum atomic E-state index is -2.36. The van der Waals surface area contributed by atoms with Crippen LogP contribution in [0.5, 0.6) is 0 Å². The first kappa shape index (κ1) is 20.6. The molecular weight excluding hydrogens is 320 g/mol. The summed E-state index contributed by atoms with van der Waals surface area (Å²) in [5.41, 5.74) is 0. The van der Waals surface area contributed by atoms with Crippen molar-refractivity contribution in [2.24, 2.45) is 0 Å². The normalized spacial score (nSPS) is 11.2. The summed E-state index contributed by atoms with van der Waals surface area (Å²) in [4.78, 5) is 11.0. The summed E-state index contributed by atoms with van der Waals surface area (Å²) in [5, 5.41) is 1.20. The third-order valence-corrected chi connectivity index (χ3v) is 7.51. The lowest BCUT2D eigenvalue weighted by Gasteiger charge is -2.30. The van der Waals surface area contributed by atoms with E-state index in [0.29, 0.717) is 19.8 Å². The van der Waals surface area contributed by atoms with Crippen LogP contribution >= 0.6 is 0 Å². The Morgan fingerprint density at radius 2 is 1.67 bits per heavy atom. The zero-order valence-corrected chi connectivity index (χ0v) is 16.0. The summed E-state index contributed by atoms with van der Waals surface area (Å²) in [5.74, 6) is -0.349. The summed E-state index contributed by atoms with van der Waals surface area (Å²) >= 11 is 0. The van der Waals surface area contributed by atoms with E-state index in [0.717, 1.165) is 31.7 Å². The lowest BCUT2D eigenvalue weighted by atomic mass is 10.2. The topological polar surface area (TPSA) is 44.8 Å². The minimum Gasteiger partial charge on any atom is -0.463 e. The number of hydrogen-bond donors (Lipinski definition) is 0. The summed E-state index contributed by atoms with van der Waals surface area (Å²) in [6.07, 6.45) is 5.23. The van der Waals surface area contributed by atoms with Gasteiger partial charge in [0, 0.05) is 19.3 Å². The van der Waals surface area contributed by atoms with Crippen molar-refractivity contribution < 1.29 is 18.4 Å². The fraction of sp³-hybridized carbons (Fsp3) is 0.526. The van der Waals surface area contributed by atoms with Crippen molar-refractivity contribution in [3.05, 3.63) is 43.0 Å². The average molecular weight is 351 g/mol. The van der Waals surface area contributed by atoms with Crippen LogP contribution in [-0.2, 0) is 18.4 Å². The van der Waals surface area contributed by atoms with Gasteiger partial charge in [-0.2, -0.15) is 0 Å². The minimum absolute atomic E-state index is 0.349. The van der Waals surface area contributed by atoms with Gasteiger partial charge in [0.25, 0.3) is 0 Å². The highest BCUT2D eigenvalue weighted by Gasteiger charge is 2.38. The van der Waals surface area contributed by atoms with E-state index in [1.165, 1.54) is 11.3 Å². The van der Waals surface area contributed by atoms with Gasteiger partial charge in [-0.1, -0.05) is 56.2 Å². The van der Waals surface area contributed by atoms with Crippen molar-refractivity contribution in [2.75, 3.05) is 19.8 Å². The molecule has 0 unspecified atom stereocenters. The Labute approximate surface area is 147 Å². The number of hydrogen-bond acceptors (Lipinski definition) is 4. The molecule has 134 valence electrons. The van der Waals surface area contributed by atoms with E-state index in [-0.39, 0.29) is 5.97 Å². The molecule has 5 heteroatoms. The van der Waals surface area contributed by atoms with Gasteiger partial charge in [0.1, 0.15) is 0 Å². The van der Waals surface area contributed by atoms with Crippen molar-refractivity contribution in [1.29, 1.82) is 0 Å². The summed E-state index contributed by atoms with van der Waals surface area (Å²) in [6.45, 7) is 9.22. The maximum absolute atomic E-state index is 11.0. The first-order valence-electron chi connectivity index (χ1n) is 8.81. The van der Waals surface area contributed by atoms with Crippen molar-refractivity contribution in [3.8, 4) is 0 Å². The van der Waals surface area contributed by atoms with E-state index >= 15 is 0 Å². The summed E-state index contributed by atoms with van der Waals surface area (Å²) in [6, 6.07) is 11.3. The van der Waals surface area contributed by atoms with Crippen LogP contribution in [-0.4, -0.2) is 34.4 Å². The van der Waals surface area contributed by atoms with Crippen LogP contribution < -0.4 is 5.19 Å². The molecule has 0 heterocycles. The Balaban J connectivity index is 2.48. The molecule has 0 amide bonds. The number of carbonyl (C=O) groups is 1. The number of esters is 1. The Morgan fingerprint density at radius 1 is 1.04 bits per heavy atom. The number of rotatable bonds is 13. The van der Waals surface area contributed by atoms with Crippen molar-refractivity contribution in [1.82, 2.24) is 0 Å². The van der Waals surface area contributed by atoms with Crippen LogP contribution in [0.25, 0.3) is 0 Å². The summed E-state index contributed by atoms with van der Waals surface area (Å²) < 4.78 is 17.3. The molecular formula is C19H30O4Si. The number of benzene rings is 1. The molecule has 0 radical (unpaired) electrons. The van der Waals surface area contributed by atoms with Crippen molar-refractivity contribution >= 4 is 19.7 Å². The van der Waals surface area contributed by atoms with E-state index in [1.54, 1.807) is 0 Å². The van der Waals surface area contributed by atoms with E-state index in [4.69, 9.17) is 13.6 Å². The third-order valence-electron chi connectivity index (χ3n) is 3.78. The van der Waals surface area contributed by atoms with E-state index < -0.39 is 8.56 Å². The lowest BCUT2D eigenvalue weighted by Crippen LogP contribution is -2.53. The molecule has 0 aliphatic heterocycles. The van der Waals surface area contributed by atoms with Gasteiger partial charge in [-0.25, -0.2) is 4.79 Å². The molecule has 1 aromatic rings. The predicted octanol–water partition coefficient (Wildman–Crippen LogP) is 3.70. The third kappa shape index (κ3) is 6.99. The molecule has 1 aromatic carbocycles. The van der Waals surface area contributed by atoms with Gasteiger partial charge in [0.2, 0.25) is 0 Å². The Bertz CT molecular complexity index is 470. The maximum Gasteiger partial charge on any atom is 0.372 e. The number of carbonyl (C=O) groups excluding carboxylic acids is 1. The van der Waals surface area contributed by atoms with Crippen LogP contribution in [0.4, 0.5) is 0 Å². The second-order valence-electron chi connectivity index (χ2n) is 5.52. The molecule has 4 nitrogen and oxygen atoms in total. The molecule has 0 bridgehead atoms. The van der Waals surface area contributed by atoms with Gasteiger partial charge in [-0.3, -0.25) is 0 Å². The average Bonchev–Trinajstić information content (AvgIpc) is 2.61. The van der Waals surface area contributed by atoms with Crippen molar-refractivity contribution in [3.63, 3.8) is 0 Å². The standard InChI is InChI=1S/C19H30O4Si/c1-4-19(20)21-16-12-7-8-13-17-24(22-5-2,23-6-3)18-14-10-9-11-15-18/h4,9-11,14-15H,1,5-8,12-13,16-17H2,2-3H3. The molecule has 0 saturated carbocycles. The highest BCUT2D eigenvalue weighted by Crippen LogP contribution is 2.19. The molecule has 1 rings (SSSR count). The quantitative estimate of drug-likeness (QED) is 0.235. The van der Waals surface area contributed by atoms with Crippen LogP contribution in [0.3, 0.4) is 0 Å². The van der Waals surface area contributed by atoms with E-state index in [2.05, 4.69) is 18.7 Å². The van der Waals surface area contributed by atoms with Crippen LogP contribution in [0, 0.1) is 0 Å². The van der Waals surface area contributed by atoms with Gasteiger partial charge in [0.15, 0.2) is 0 Å². The summed E-state index contributed by atoms with van der Waals surface area (Å²) in [7, 11) is -2.36. The molecule has 0 fully saturated rings. The van der Waals surface area contributed by atoms with Crippen LogP contribution in [0.2, 0.25) is 6.04 Å². The molecule has 0 aromatic heterocycles. The smallest absolute Gasteiger partial charge is 0.372 e. The Kier molecular flexibility index (Phi) is 10.3. The highest BCUT2D eigenvalue weighted by atomic mass is 28.4. The van der Waals surface area contributed by atoms with Crippen LogP contribution in [0.15, 0.2) is 43.0 Å². The zero-order valence-electron chi connectivity index (χ0n) is 15.0. The molecule has 0 aliphatic rings. The van der Waals surface area contributed by atoms with Gasteiger partial charge in [-0.05, 0) is 31.5 Å². The van der Waals surface area contributed by atoms with E-state index in [9.17, 15) is 4.79 Å². The van der Waals surface area contributed by atoms with Crippen LogP contribution in [0.1, 0.15) is 39.5 Å². The molecule has 0 N–H and O–H groups in total. The fourth-order valence-corrected chi connectivity index (χ4v) is 6.04. The second kappa shape index (κ2) is 12.0. The van der Waals surface area contributed by atoms with Crippen molar-refractivity contribution in [2.45, 2.75) is 45.6 Å². The predicted molar refractivity (Wildman–Crippen MR) is 99.5 cm³/mol. The monoisotopic (exact) mass is 350 g/mol. The van der Waals surface area contributed by atoms with Gasteiger partial charge >= 0.3 is 14.5 Å². The fourth-order valence-electron chi connectivity index (χ4n) is 2.70. The SMILES string of the molecule is C=CC(=O)OCCCCCC[Si](OCC)(OCC)c1ccccc1. The number of unbranched alkanes of at least 4 members (excludes halogenated alkanes) is 3. The molecule has 0 aliphatic carbocycles. The largest absolute Gasteiger partial charge is 0.463 e. The zero-order chi connectivity index (χ0) is 17.7. The maximum atomic E-state index is 11.0. The molecule has 0 atom stereocenters. The molecule has 24 heavy (non-hydrogen) atoms. The van der Waals surface area contributed by atoms with Gasteiger partial charge in [0.05, 0.1) is 6.61 Å². The van der Waals surface area contributed by atoms with Gasteiger partial charge < -0.3 is 13.6 Å². The molecule has 0 saturated heterocycles. The lowest BCUT2D eigenvalue weighted by molar-refractivity contribution is -0.137. The van der Waals surface area contributed by atoms with Gasteiger partial charge in [-0.15, -0.1) is 0 Å². The number of ether oxygens (including phenoxy) is 1. The first-order chi connectivity index (χ1) is 11.7. The van der Waals surface area contributed by atoms with E-state index in [1.807, 2.05) is 32.0 Å². The highest BCUT2D eigenvalue weighted by molar-refractivity contribution is 6.81.